The zero-order chi connectivity index (χ0) is 14.9. The Hall–Kier alpha value is -1.48. The van der Waals surface area contributed by atoms with E-state index in [1.807, 2.05) is 45.9 Å². The first-order valence-corrected chi connectivity index (χ1v) is 6.99. The average molecular weight is 293 g/mol. The second-order valence-corrected chi connectivity index (χ2v) is 6.06. The van der Waals surface area contributed by atoms with Gasteiger partial charge in [0.1, 0.15) is 5.15 Å². The molecule has 0 aromatic carbocycles. The third-order valence-electron chi connectivity index (χ3n) is 3.57. The molecule has 0 aliphatic rings. The average Bonchev–Trinajstić information content (AvgIpc) is 2.38. The normalized spacial score (nSPS) is 11.9. The molecule has 0 spiro atoms. The Bertz CT molecular complexity index is 624. The molecule has 0 saturated heterocycles. The highest BCUT2D eigenvalue weighted by Crippen LogP contribution is 2.34. The van der Waals surface area contributed by atoms with E-state index in [0.29, 0.717) is 16.4 Å². The third kappa shape index (κ3) is 2.68. The minimum atomic E-state index is -0.498. The highest BCUT2D eigenvalue weighted by molar-refractivity contribution is 6.30. The summed E-state index contributed by atoms with van der Waals surface area (Å²) in [7, 11) is 0. The summed E-state index contributed by atoms with van der Waals surface area (Å²) in [4.78, 5) is 8.21. The van der Waals surface area contributed by atoms with E-state index in [9.17, 15) is 4.39 Å². The molecule has 0 bridgehead atoms. The second kappa shape index (κ2) is 5.49. The Kier molecular flexibility index (Phi) is 4.09. The van der Waals surface area contributed by atoms with Crippen LogP contribution >= 0.6 is 11.6 Å². The minimum Gasteiger partial charge on any atom is -0.244 e. The number of rotatable bonds is 3. The predicted molar refractivity (Wildman–Crippen MR) is 79.7 cm³/mol. The molecule has 2 rings (SSSR count). The van der Waals surface area contributed by atoms with Gasteiger partial charge in [0.15, 0.2) is 0 Å². The molecular weight excluding hydrogens is 275 g/mol. The van der Waals surface area contributed by atoms with Crippen LogP contribution in [0.25, 0.3) is 0 Å². The first-order valence-electron chi connectivity index (χ1n) is 6.62. The molecule has 0 aliphatic heterocycles. The highest BCUT2D eigenvalue weighted by atomic mass is 35.5. The number of pyridine rings is 2. The molecule has 0 saturated carbocycles. The van der Waals surface area contributed by atoms with Crippen molar-refractivity contribution in [2.24, 2.45) is 0 Å². The fraction of sp³-hybridized carbons (Fsp3) is 0.375. The van der Waals surface area contributed by atoms with Crippen LogP contribution in [0.15, 0.2) is 30.5 Å². The summed E-state index contributed by atoms with van der Waals surface area (Å²) in [6, 6.07) is 7.38. The van der Waals surface area contributed by atoms with Crippen LogP contribution in [0.4, 0.5) is 4.39 Å². The second-order valence-electron chi connectivity index (χ2n) is 5.70. The van der Waals surface area contributed by atoms with E-state index in [1.54, 1.807) is 12.3 Å². The lowest BCUT2D eigenvalue weighted by atomic mass is 9.81. The first kappa shape index (κ1) is 14.9. The molecule has 0 radical (unpaired) electrons. The molecule has 2 aromatic heterocycles. The summed E-state index contributed by atoms with van der Waals surface area (Å²) >= 11 is 6.15. The molecule has 0 fully saturated rings. The highest BCUT2D eigenvalue weighted by Gasteiger charge is 2.28. The number of nitrogens with zero attached hydrogens (tertiary/aromatic N) is 2. The van der Waals surface area contributed by atoms with Crippen molar-refractivity contribution in [2.45, 2.75) is 39.0 Å². The topological polar surface area (TPSA) is 25.8 Å². The smallest absolute Gasteiger partial charge is 0.216 e. The van der Waals surface area contributed by atoms with Gasteiger partial charge in [-0.1, -0.05) is 51.4 Å². The van der Waals surface area contributed by atoms with Crippen LogP contribution in [-0.2, 0) is 5.41 Å². The van der Waals surface area contributed by atoms with Crippen molar-refractivity contribution in [2.75, 3.05) is 0 Å². The molecule has 0 unspecified atom stereocenters. The van der Waals surface area contributed by atoms with Crippen LogP contribution in [0.2, 0.25) is 5.15 Å². The van der Waals surface area contributed by atoms with Crippen LogP contribution in [-0.4, -0.2) is 9.97 Å². The Labute approximate surface area is 124 Å². The Balaban J connectivity index is 2.50. The molecule has 20 heavy (non-hydrogen) atoms. The molecular formula is C16H18ClFN2. The molecule has 2 nitrogen and oxygen atoms in total. The van der Waals surface area contributed by atoms with Gasteiger partial charge in [0.25, 0.3) is 0 Å². The van der Waals surface area contributed by atoms with E-state index in [-0.39, 0.29) is 5.92 Å². The van der Waals surface area contributed by atoms with Crippen molar-refractivity contribution in [3.8, 4) is 0 Å². The lowest BCUT2D eigenvalue weighted by Crippen LogP contribution is -2.22. The maximum absolute atomic E-state index is 14.1. The van der Waals surface area contributed by atoms with Crippen molar-refractivity contribution in [3.05, 3.63) is 58.4 Å². The fourth-order valence-corrected chi connectivity index (χ4v) is 2.57. The van der Waals surface area contributed by atoms with E-state index in [0.717, 1.165) is 5.56 Å². The van der Waals surface area contributed by atoms with E-state index in [1.165, 1.54) is 0 Å². The van der Waals surface area contributed by atoms with Crippen LogP contribution in [0.3, 0.4) is 0 Å². The van der Waals surface area contributed by atoms with Gasteiger partial charge in [-0.05, 0) is 18.1 Å². The van der Waals surface area contributed by atoms with Crippen molar-refractivity contribution in [3.63, 3.8) is 0 Å². The molecule has 2 aromatic rings. The van der Waals surface area contributed by atoms with Crippen LogP contribution < -0.4 is 0 Å². The van der Waals surface area contributed by atoms with Crippen LogP contribution in [0.5, 0.6) is 0 Å². The number of halogens is 2. The largest absolute Gasteiger partial charge is 0.244 e. The molecule has 106 valence electrons. The summed E-state index contributed by atoms with van der Waals surface area (Å²) < 4.78 is 14.1. The summed E-state index contributed by atoms with van der Waals surface area (Å²) in [6.07, 6.45) is 1.64. The molecule has 0 aliphatic carbocycles. The van der Waals surface area contributed by atoms with Gasteiger partial charge in [-0.3, -0.25) is 0 Å². The molecule has 0 N–H and O–H groups in total. The van der Waals surface area contributed by atoms with E-state index in [2.05, 4.69) is 9.97 Å². The summed E-state index contributed by atoms with van der Waals surface area (Å²) in [5.74, 6) is -0.299. The predicted octanol–water partition coefficient (Wildman–Crippen LogP) is 4.72. The van der Waals surface area contributed by atoms with Gasteiger partial charge in [-0.2, -0.15) is 4.39 Å². The van der Waals surface area contributed by atoms with Gasteiger partial charge in [0.05, 0.1) is 5.69 Å². The Morgan fingerprint density at radius 3 is 2.45 bits per heavy atom. The number of aromatic nitrogens is 2. The van der Waals surface area contributed by atoms with Crippen molar-refractivity contribution >= 4 is 11.6 Å². The minimum absolute atomic E-state index is 0.113. The third-order valence-corrected chi connectivity index (χ3v) is 3.87. The molecule has 0 atom stereocenters. The summed E-state index contributed by atoms with van der Waals surface area (Å²) in [5.41, 5.74) is 1.61. The van der Waals surface area contributed by atoms with E-state index < -0.39 is 11.4 Å². The van der Waals surface area contributed by atoms with Gasteiger partial charge >= 0.3 is 0 Å². The fourth-order valence-electron chi connectivity index (χ4n) is 2.21. The standard InChI is InChI=1S/C16H18ClFN2/c1-10(2)11-7-8-13(20-15(11)18)16(3,4)12-6-5-9-19-14(12)17/h5-10H,1-4H3. The van der Waals surface area contributed by atoms with E-state index in [4.69, 9.17) is 11.6 Å². The summed E-state index contributed by atoms with van der Waals surface area (Å²) in [6.45, 7) is 7.82. The van der Waals surface area contributed by atoms with E-state index >= 15 is 0 Å². The van der Waals surface area contributed by atoms with Crippen molar-refractivity contribution in [1.82, 2.24) is 9.97 Å². The molecule has 0 amide bonds. The van der Waals surface area contributed by atoms with Crippen LogP contribution in [0.1, 0.15) is 50.4 Å². The summed E-state index contributed by atoms with van der Waals surface area (Å²) in [5, 5.41) is 0.424. The number of hydrogen-bond donors (Lipinski definition) is 0. The zero-order valence-corrected chi connectivity index (χ0v) is 12.9. The van der Waals surface area contributed by atoms with Gasteiger partial charge < -0.3 is 0 Å². The lowest BCUT2D eigenvalue weighted by Gasteiger charge is -2.25. The van der Waals surface area contributed by atoms with Crippen molar-refractivity contribution < 1.29 is 4.39 Å². The number of hydrogen-bond acceptors (Lipinski definition) is 2. The van der Waals surface area contributed by atoms with Gasteiger partial charge in [-0.25, -0.2) is 9.97 Å². The Morgan fingerprint density at radius 1 is 1.20 bits per heavy atom. The van der Waals surface area contributed by atoms with Gasteiger partial charge in [-0.15, -0.1) is 0 Å². The maximum atomic E-state index is 14.1. The monoisotopic (exact) mass is 292 g/mol. The maximum Gasteiger partial charge on any atom is 0.216 e. The SMILES string of the molecule is CC(C)c1ccc(C(C)(C)c2cccnc2Cl)nc1F. The van der Waals surface area contributed by atoms with Crippen molar-refractivity contribution in [1.29, 1.82) is 0 Å². The van der Waals surface area contributed by atoms with Gasteiger partial charge in [0, 0.05) is 22.7 Å². The first-order chi connectivity index (χ1) is 9.34. The zero-order valence-electron chi connectivity index (χ0n) is 12.1. The lowest BCUT2D eigenvalue weighted by molar-refractivity contribution is 0.524. The van der Waals surface area contributed by atoms with Gasteiger partial charge in [0.2, 0.25) is 5.95 Å². The molecule has 2 heterocycles. The Morgan fingerprint density at radius 2 is 1.90 bits per heavy atom. The molecule has 4 heteroatoms. The quantitative estimate of drug-likeness (QED) is 0.765. The van der Waals surface area contributed by atoms with Crippen LogP contribution in [0, 0.1) is 5.95 Å².